The van der Waals surface area contributed by atoms with Crippen molar-refractivity contribution in [2.24, 2.45) is 4.99 Å². The summed E-state index contributed by atoms with van der Waals surface area (Å²) in [5.74, 6) is 0.200. The van der Waals surface area contributed by atoms with Gasteiger partial charge >= 0.3 is 12.2 Å². The van der Waals surface area contributed by atoms with Crippen molar-refractivity contribution < 1.29 is 19.1 Å². The Balaban J connectivity index is 1.62. The van der Waals surface area contributed by atoms with Gasteiger partial charge in [-0.05, 0) is 63.8 Å². The summed E-state index contributed by atoms with van der Waals surface area (Å²) in [6, 6.07) is 29.1. The van der Waals surface area contributed by atoms with Crippen LogP contribution in [0.1, 0.15) is 69.7 Å². The highest BCUT2D eigenvalue weighted by atomic mass is 16.6. The average Bonchev–Trinajstić information content (AvgIpc) is 2.89. The molecule has 8 nitrogen and oxygen atoms in total. The Bertz CT molecular complexity index is 1210. The SMILES string of the molecule is CC(C)(C)OC(=O)NC(=NCc1ccc(CNCC(c2ccccc2)c2ccccc2)cc1)NC(=O)OC(C)(C)C. The van der Waals surface area contributed by atoms with E-state index in [1.165, 1.54) is 11.1 Å². The Morgan fingerprint density at radius 3 is 1.56 bits per heavy atom. The lowest BCUT2D eigenvalue weighted by molar-refractivity contribution is 0.0545. The van der Waals surface area contributed by atoms with Crippen molar-refractivity contribution >= 4 is 18.1 Å². The summed E-state index contributed by atoms with van der Waals surface area (Å²) < 4.78 is 10.6. The fourth-order valence-electron chi connectivity index (χ4n) is 4.00. The molecule has 0 spiro atoms. The lowest BCUT2D eigenvalue weighted by Gasteiger charge is -2.22. The molecule has 0 saturated heterocycles. The fraction of sp³-hybridized carbons (Fsp3) is 0.364. The van der Waals surface area contributed by atoms with E-state index in [1.54, 1.807) is 41.5 Å². The van der Waals surface area contributed by atoms with Gasteiger partial charge in [-0.3, -0.25) is 10.6 Å². The Hall–Kier alpha value is -4.17. The minimum Gasteiger partial charge on any atom is -0.444 e. The van der Waals surface area contributed by atoms with Gasteiger partial charge in [-0.15, -0.1) is 0 Å². The molecule has 0 saturated carbocycles. The standard InChI is InChI=1S/C33H42N4O4/c1-32(2,3)40-30(38)36-29(37-31(39)41-33(4,5)6)35-22-25-19-17-24(18-20-25)21-34-23-28(26-13-9-7-10-14-26)27-15-11-8-12-16-27/h7-20,28,34H,21-23H2,1-6H3,(H2,35,36,37,38,39). The number of rotatable bonds is 8. The van der Waals surface area contributed by atoms with Crippen molar-refractivity contribution in [1.82, 2.24) is 16.0 Å². The lowest BCUT2D eigenvalue weighted by atomic mass is 9.91. The van der Waals surface area contributed by atoms with Crippen LogP contribution in [0.5, 0.6) is 0 Å². The van der Waals surface area contributed by atoms with Gasteiger partial charge in [0, 0.05) is 19.0 Å². The molecule has 3 aromatic rings. The van der Waals surface area contributed by atoms with Crippen LogP contribution < -0.4 is 16.0 Å². The summed E-state index contributed by atoms with van der Waals surface area (Å²) in [5.41, 5.74) is 3.19. The molecule has 0 radical (unpaired) electrons. The first-order valence-electron chi connectivity index (χ1n) is 13.8. The highest BCUT2D eigenvalue weighted by Crippen LogP contribution is 2.24. The van der Waals surface area contributed by atoms with E-state index in [1.807, 2.05) is 36.4 Å². The molecule has 0 unspecified atom stereocenters. The van der Waals surface area contributed by atoms with E-state index >= 15 is 0 Å². The number of amides is 2. The quantitative estimate of drug-likeness (QED) is 0.216. The first-order valence-corrected chi connectivity index (χ1v) is 13.8. The normalized spacial score (nSPS) is 11.5. The molecule has 2 amide bonds. The van der Waals surface area contributed by atoms with Crippen LogP contribution in [0.2, 0.25) is 0 Å². The van der Waals surface area contributed by atoms with Crippen molar-refractivity contribution in [3.05, 3.63) is 107 Å². The van der Waals surface area contributed by atoms with Crippen molar-refractivity contribution in [3.8, 4) is 0 Å². The van der Waals surface area contributed by atoms with Crippen LogP contribution in [-0.4, -0.2) is 35.9 Å². The summed E-state index contributed by atoms with van der Waals surface area (Å²) in [6.07, 6.45) is -1.45. The maximum atomic E-state index is 12.3. The number of alkyl carbamates (subject to hydrolysis) is 2. The highest BCUT2D eigenvalue weighted by molar-refractivity contribution is 6.01. The Morgan fingerprint density at radius 2 is 1.12 bits per heavy atom. The average molecular weight is 559 g/mol. The number of hydrogen-bond donors (Lipinski definition) is 3. The molecule has 0 aromatic heterocycles. The molecule has 8 heteroatoms. The number of guanidine groups is 1. The van der Waals surface area contributed by atoms with Crippen LogP contribution in [0.4, 0.5) is 9.59 Å². The number of ether oxygens (including phenoxy) is 2. The van der Waals surface area contributed by atoms with E-state index in [0.717, 1.165) is 17.7 Å². The molecule has 3 N–H and O–H groups in total. The number of nitrogens with zero attached hydrogens (tertiary/aromatic N) is 1. The van der Waals surface area contributed by atoms with E-state index in [9.17, 15) is 9.59 Å². The number of carbonyl (C=O) groups excluding carboxylic acids is 2. The number of hydrogen-bond acceptors (Lipinski definition) is 6. The highest BCUT2D eigenvalue weighted by Gasteiger charge is 2.21. The zero-order valence-electron chi connectivity index (χ0n) is 24.9. The first-order chi connectivity index (χ1) is 19.4. The largest absolute Gasteiger partial charge is 0.444 e. The van der Waals surface area contributed by atoms with Crippen LogP contribution in [0.25, 0.3) is 0 Å². The van der Waals surface area contributed by atoms with Crippen LogP contribution in [0, 0.1) is 0 Å². The van der Waals surface area contributed by atoms with Crippen LogP contribution in [0.15, 0.2) is 89.9 Å². The van der Waals surface area contributed by atoms with E-state index < -0.39 is 23.4 Å². The first kappa shape index (κ1) is 31.4. The van der Waals surface area contributed by atoms with Gasteiger partial charge in [0.25, 0.3) is 0 Å². The molecule has 0 aliphatic rings. The van der Waals surface area contributed by atoms with Crippen LogP contribution in [-0.2, 0) is 22.6 Å². The predicted molar refractivity (Wildman–Crippen MR) is 163 cm³/mol. The molecule has 3 aromatic carbocycles. The summed E-state index contributed by atoms with van der Waals surface area (Å²) in [4.78, 5) is 29.0. The van der Waals surface area contributed by atoms with Gasteiger partial charge in [-0.25, -0.2) is 14.6 Å². The second kappa shape index (κ2) is 14.5. The minimum absolute atomic E-state index is 0.0490. The molecule has 0 bridgehead atoms. The van der Waals surface area contributed by atoms with Crippen molar-refractivity contribution in [3.63, 3.8) is 0 Å². The maximum absolute atomic E-state index is 12.3. The Kier molecular flexibility index (Phi) is 11.1. The minimum atomic E-state index is -0.724. The number of nitrogens with one attached hydrogen (secondary N) is 3. The smallest absolute Gasteiger partial charge is 0.414 e. The summed E-state index contributed by atoms with van der Waals surface area (Å²) in [5, 5.41) is 8.61. The van der Waals surface area contributed by atoms with Crippen LogP contribution in [0.3, 0.4) is 0 Å². The maximum Gasteiger partial charge on any atom is 0.414 e. The third-order valence-electron chi connectivity index (χ3n) is 5.76. The second-order valence-electron chi connectivity index (χ2n) is 11.7. The molecular weight excluding hydrogens is 516 g/mol. The molecule has 0 atom stereocenters. The van der Waals surface area contributed by atoms with Gasteiger partial charge in [0.2, 0.25) is 5.96 Å². The molecule has 0 aliphatic heterocycles. The molecule has 0 heterocycles. The molecule has 41 heavy (non-hydrogen) atoms. The third kappa shape index (κ3) is 11.8. The van der Waals surface area contributed by atoms with E-state index in [4.69, 9.17) is 9.47 Å². The Labute approximate surface area is 243 Å². The molecule has 0 fully saturated rings. The van der Waals surface area contributed by atoms with Crippen molar-refractivity contribution in [2.75, 3.05) is 6.54 Å². The molecule has 218 valence electrons. The Morgan fingerprint density at radius 1 is 0.683 bits per heavy atom. The van der Waals surface area contributed by atoms with Crippen molar-refractivity contribution in [2.45, 2.75) is 71.8 Å². The van der Waals surface area contributed by atoms with Crippen molar-refractivity contribution in [1.29, 1.82) is 0 Å². The topological polar surface area (TPSA) is 101 Å². The van der Waals surface area contributed by atoms with E-state index in [0.29, 0.717) is 6.54 Å². The number of aliphatic imine (C=N–C) groups is 1. The summed E-state index contributed by atoms with van der Waals surface area (Å²) >= 11 is 0. The van der Waals surface area contributed by atoms with Gasteiger partial charge in [0.15, 0.2) is 0 Å². The number of carbonyl (C=O) groups is 2. The van der Waals surface area contributed by atoms with E-state index in [-0.39, 0.29) is 18.4 Å². The molecule has 0 aliphatic carbocycles. The fourth-order valence-corrected chi connectivity index (χ4v) is 4.00. The zero-order chi connectivity index (χ0) is 29.9. The van der Waals surface area contributed by atoms with Gasteiger partial charge in [-0.1, -0.05) is 84.9 Å². The lowest BCUT2D eigenvalue weighted by Crippen LogP contribution is -2.47. The summed E-state index contributed by atoms with van der Waals surface area (Å²) in [6.45, 7) is 12.3. The van der Waals surface area contributed by atoms with Gasteiger partial charge in [0.1, 0.15) is 11.2 Å². The van der Waals surface area contributed by atoms with Crippen LogP contribution >= 0.6 is 0 Å². The van der Waals surface area contributed by atoms with Gasteiger partial charge in [0.05, 0.1) is 6.54 Å². The van der Waals surface area contributed by atoms with Gasteiger partial charge in [-0.2, -0.15) is 0 Å². The zero-order valence-corrected chi connectivity index (χ0v) is 24.9. The van der Waals surface area contributed by atoms with E-state index in [2.05, 4.69) is 69.5 Å². The van der Waals surface area contributed by atoms with Gasteiger partial charge < -0.3 is 14.8 Å². The monoisotopic (exact) mass is 558 g/mol. The molecular formula is C33H42N4O4. The summed E-state index contributed by atoms with van der Waals surface area (Å²) in [7, 11) is 0. The number of benzene rings is 3. The second-order valence-corrected chi connectivity index (χ2v) is 11.7. The molecule has 3 rings (SSSR count). The predicted octanol–water partition coefficient (Wildman–Crippen LogP) is 6.51. The third-order valence-corrected chi connectivity index (χ3v) is 5.76.